The fourth-order valence-electron chi connectivity index (χ4n) is 7.44. The van der Waals surface area contributed by atoms with Crippen LogP contribution >= 0.6 is 0 Å². The molecule has 264 valence electrons. The van der Waals surface area contributed by atoms with Crippen molar-refractivity contribution in [2.45, 2.75) is 0 Å². The first-order valence-electron chi connectivity index (χ1n) is 18.9. The molecule has 2 nitrogen and oxygen atoms in total. The summed E-state index contributed by atoms with van der Waals surface area (Å²) in [7, 11) is 0. The van der Waals surface area contributed by atoms with E-state index in [1.165, 1.54) is 11.1 Å². The van der Waals surface area contributed by atoms with Gasteiger partial charge in [0, 0.05) is 11.1 Å². The Hall–Kier alpha value is -7.42. The van der Waals surface area contributed by atoms with Gasteiger partial charge in [0.15, 0.2) is 0 Å². The van der Waals surface area contributed by atoms with Crippen LogP contribution in [0.15, 0.2) is 224 Å². The number of hydrogen-bond donors (Lipinski definition) is 1. The first kappa shape index (κ1) is 34.4. The number of pyridine rings is 1. The van der Waals surface area contributed by atoms with Gasteiger partial charge >= 0.3 is 0 Å². The van der Waals surface area contributed by atoms with Gasteiger partial charge in [-0.3, -0.25) is 0 Å². The maximum atomic E-state index is 9.11. The molecule has 1 N–H and O–H groups in total. The number of benzene rings is 8. The molecule has 0 amide bonds. The number of aromatic nitrogens is 1. The van der Waals surface area contributed by atoms with Crippen molar-refractivity contribution in [2.75, 3.05) is 0 Å². The third-order valence-electron chi connectivity index (χ3n) is 10.3. The predicted molar refractivity (Wildman–Crippen MR) is 236 cm³/mol. The van der Waals surface area contributed by atoms with Crippen LogP contribution in [0.3, 0.4) is 0 Å². The van der Waals surface area contributed by atoms with Crippen molar-refractivity contribution in [3.05, 3.63) is 241 Å². The van der Waals surface area contributed by atoms with Gasteiger partial charge in [0.2, 0.25) is 0 Å². The van der Waals surface area contributed by atoms with Crippen molar-refractivity contribution in [1.29, 1.82) is 5.41 Å². The van der Waals surface area contributed by atoms with Crippen LogP contribution < -0.4 is 0 Å². The summed E-state index contributed by atoms with van der Waals surface area (Å²) in [6.07, 6.45) is 2.01. The predicted octanol–water partition coefficient (Wildman–Crippen LogP) is 14.1. The molecule has 0 bridgehead atoms. The van der Waals surface area contributed by atoms with E-state index in [1.54, 1.807) is 0 Å². The maximum absolute atomic E-state index is 9.11. The van der Waals surface area contributed by atoms with Gasteiger partial charge < -0.3 is 5.41 Å². The van der Waals surface area contributed by atoms with Crippen LogP contribution in [0.4, 0.5) is 0 Å². The second-order valence-corrected chi connectivity index (χ2v) is 14.0. The van der Waals surface area contributed by atoms with E-state index >= 15 is 0 Å². The lowest BCUT2D eigenvalue weighted by atomic mass is 9.89. The first-order chi connectivity index (χ1) is 27.7. The van der Waals surface area contributed by atoms with Crippen LogP contribution in [0, 0.1) is 5.41 Å². The highest BCUT2D eigenvalue weighted by atomic mass is 14.7. The van der Waals surface area contributed by atoms with Crippen LogP contribution in [0.2, 0.25) is 0 Å². The molecule has 9 aromatic rings. The van der Waals surface area contributed by atoms with Crippen LogP contribution in [-0.2, 0) is 0 Å². The molecule has 9 rings (SSSR count). The second kappa shape index (κ2) is 15.5. The molecule has 0 fully saturated rings. The minimum atomic E-state index is 0.469. The van der Waals surface area contributed by atoms with Crippen LogP contribution in [0.25, 0.3) is 72.2 Å². The molecule has 0 saturated heterocycles. The number of allylic oxidation sites excluding steroid dienone is 1. The summed E-state index contributed by atoms with van der Waals surface area (Å²) in [5.74, 6) is 0. The smallest absolute Gasteiger partial charge is 0.0715 e. The molecule has 0 saturated carbocycles. The van der Waals surface area contributed by atoms with Crippen molar-refractivity contribution in [3.8, 4) is 55.9 Å². The zero-order valence-electron chi connectivity index (χ0n) is 30.8. The summed E-state index contributed by atoms with van der Waals surface area (Å²) in [6, 6.07) is 76.3. The summed E-state index contributed by atoms with van der Waals surface area (Å²) in [4.78, 5) is 5.35. The zero-order chi connectivity index (χ0) is 37.7. The van der Waals surface area contributed by atoms with Crippen molar-refractivity contribution in [2.24, 2.45) is 0 Å². The van der Waals surface area contributed by atoms with E-state index in [2.05, 4.69) is 182 Å². The van der Waals surface area contributed by atoms with Gasteiger partial charge in [0.25, 0.3) is 0 Å². The van der Waals surface area contributed by atoms with Gasteiger partial charge in [-0.15, -0.1) is 0 Å². The van der Waals surface area contributed by atoms with E-state index in [1.807, 2.05) is 42.5 Å². The van der Waals surface area contributed by atoms with E-state index in [-0.39, 0.29) is 0 Å². The summed E-state index contributed by atoms with van der Waals surface area (Å²) >= 11 is 0. The highest BCUT2D eigenvalue weighted by Gasteiger charge is 2.15. The van der Waals surface area contributed by atoms with Crippen molar-refractivity contribution in [3.63, 3.8) is 0 Å². The molecule has 0 aliphatic carbocycles. The Kier molecular flexibility index (Phi) is 9.52. The summed E-state index contributed by atoms with van der Waals surface area (Å²) in [6.45, 7) is 0. The van der Waals surface area contributed by atoms with E-state index in [9.17, 15) is 0 Å². The average Bonchev–Trinajstić information content (AvgIpc) is 3.29. The van der Waals surface area contributed by atoms with E-state index in [4.69, 9.17) is 10.4 Å². The van der Waals surface area contributed by atoms with Gasteiger partial charge in [-0.1, -0.05) is 188 Å². The number of nitrogens with zero attached hydrogens (tertiary/aromatic N) is 1. The molecule has 1 aromatic heterocycles. The molecule has 2 heteroatoms. The van der Waals surface area contributed by atoms with Gasteiger partial charge in [-0.25, -0.2) is 4.98 Å². The van der Waals surface area contributed by atoms with Crippen molar-refractivity contribution >= 4 is 22.1 Å². The molecule has 1 heterocycles. The molecule has 0 aliphatic rings. The molecule has 0 unspecified atom stereocenters. The third-order valence-corrected chi connectivity index (χ3v) is 10.3. The largest absolute Gasteiger partial charge is 0.300 e. The van der Waals surface area contributed by atoms with E-state index in [0.717, 1.165) is 77.8 Å². The molecular formula is C54H38N2. The van der Waals surface area contributed by atoms with E-state index in [0.29, 0.717) is 5.71 Å². The van der Waals surface area contributed by atoms with Crippen molar-refractivity contribution < 1.29 is 0 Å². The highest BCUT2D eigenvalue weighted by Crippen LogP contribution is 2.37. The minimum absolute atomic E-state index is 0.469. The van der Waals surface area contributed by atoms with Crippen molar-refractivity contribution in [1.82, 2.24) is 4.98 Å². The Labute approximate surface area is 328 Å². The Morgan fingerprint density at radius 2 is 0.821 bits per heavy atom. The number of nitrogens with one attached hydrogen (secondary N) is 1. The monoisotopic (exact) mass is 714 g/mol. The third kappa shape index (κ3) is 7.24. The Bertz CT molecular complexity index is 2740. The molecule has 0 spiro atoms. The first-order valence-corrected chi connectivity index (χ1v) is 18.9. The molecule has 56 heavy (non-hydrogen) atoms. The molecule has 0 radical (unpaired) electrons. The fourth-order valence-corrected chi connectivity index (χ4v) is 7.44. The number of fused-ring (bicyclic) bond motifs is 1. The Balaban J connectivity index is 1.22. The van der Waals surface area contributed by atoms with Gasteiger partial charge in [0.1, 0.15) is 0 Å². The summed E-state index contributed by atoms with van der Waals surface area (Å²) < 4.78 is 0. The van der Waals surface area contributed by atoms with Gasteiger partial charge in [-0.05, 0) is 103 Å². The average molecular weight is 715 g/mol. The quantitative estimate of drug-likeness (QED) is 0.149. The van der Waals surface area contributed by atoms with E-state index < -0.39 is 0 Å². The Morgan fingerprint density at radius 1 is 0.357 bits per heavy atom. The SMILES string of the molecule is N=C(/C=C(/c1ccccc1)c1cccc2ccc(-c3cc(-c4cccc(-c5ccccc5)c4)nc(-c4cccc(-c5ccccc5)c4)c3)cc12)c1ccccc1. The lowest BCUT2D eigenvalue weighted by Crippen LogP contribution is -1.98. The Morgan fingerprint density at radius 3 is 1.39 bits per heavy atom. The summed E-state index contributed by atoms with van der Waals surface area (Å²) in [5.41, 5.74) is 15.3. The normalized spacial score (nSPS) is 11.4. The lowest BCUT2D eigenvalue weighted by Gasteiger charge is -2.15. The second-order valence-electron chi connectivity index (χ2n) is 14.0. The van der Waals surface area contributed by atoms with Gasteiger partial charge in [0.05, 0.1) is 17.1 Å². The van der Waals surface area contributed by atoms with Crippen LogP contribution in [0.1, 0.15) is 16.7 Å². The molecular weight excluding hydrogens is 677 g/mol. The highest BCUT2D eigenvalue weighted by molar-refractivity contribution is 6.14. The molecule has 0 aliphatic heterocycles. The molecule has 8 aromatic carbocycles. The van der Waals surface area contributed by atoms with Crippen LogP contribution in [0.5, 0.6) is 0 Å². The topological polar surface area (TPSA) is 36.7 Å². The van der Waals surface area contributed by atoms with Gasteiger partial charge in [-0.2, -0.15) is 0 Å². The lowest BCUT2D eigenvalue weighted by molar-refractivity contribution is 1.32. The number of hydrogen-bond acceptors (Lipinski definition) is 2. The van der Waals surface area contributed by atoms with Crippen LogP contribution in [-0.4, -0.2) is 10.7 Å². The molecule has 0 atom stereocenters. The minimum Gasteiger partial charge on any atom is -0.300 e. The fraction of sp³-hybridized carbons (Fsp3) is 0. The number of rotatable bonds is 9. The summed E-state index contributed by atoms with van der Waals surface area (Å²) in [5, 5.41) is 11.4. The standard InChI is InChI=1S/C54H38N2/c55-52(42-22-11-4-12-23-42)37-51(40-20-9-3-10-21-40)49-29-15-24-41-30-31-45(34-50(41)49)48-35-53(46-27-13-25-43(32-46)38-16-5-1-6-17-38)56-54(36-48)47-28-14-26-44(33-47)39-18-7-2-8-19-39/h1-37,55H/b51-37-,55-52?. The maximum Gasteiger partial charge on any atom is 0.0715 e. The zero-order valence-corrected chi connectivity index (χ0v) is 30.8.